The van der Waals surface area contributed by atoms with Gasteiger partial charge in [-0.15, -0.1) is 24.0 Å². The van der Waals surface area contributed by atoms with Gasteiger partial charge in [-0.3, -0.25) is 0 Å². The standard InChI is InChI=1S/C23H27N5O3.HI/c1-16-6-3-4-7-18(16)15-25-23(24-11-10-22-26-17(2)28-31-22)27-19-8-9-20-21(14-19)30-13-5-12-29-20;/h3-4,6-9,14H,5,10-13,15H2,1-2H3,(H2,24,25,27);1H. The maximum absolute atomic E-state index is 5.80. The summed E-state index contributed by atoms with van der Waals surface area (Å²) in [6, 6.07) is 14.1. The van der Waals surface area contributed by atoms with Crippen LogP contribution in [-0.2, 0) is 13.0 Å². The van der Waals surface area contributed by atoms with Gasteiger partial charge in [-0.05, 0) is 37.1 Å². The van der Waals surface area contributed by atoms with Gasteiger partial charge in [-0.2, -0.15) is 4.98 Å². The maximum atomic E-state index is 5.80. The summed E-state index contributed by atoms with van der Waals surface area (Å²) in [4.78, 5) is 9.02. The molecule has 8 nitrogen and oxygen atoms in total. The SMILES string of the molecule is Cc1noc(CCNC(=NCc2ccccc2C)Nc2ccc3c(c2)OCCCO3)n1.I. The van der Waals surface area contributed by atoms with E-state index >= 15 is 0 Å². The van der Waals surface area contributed by atoms with Gasteiger partial charge in [0.2, 0.25) is 5.89 Å². The zero-order valence-corrected chi connectivity index (χ0v) is 20.6. The Morgan fingerprint density at radius 3 is 2.66 bits per heavy atom. The molecule has 2 N–H and O–H groups in total. The molecule has 32 heavy (non-hydrogen) atoms. The van der Waals surface area contributed by atoms with Crippen LogP contribution in [0.3, 0.4) is 0 Å². The number of anilines is 1. The Morgan fingerprint density at radius 2 is 1.88 bits per heavy atom. The molecule has 0 spiro atoms. The number of aliphatic imine (C=N–C) groups is 1. The van der Waals surface area contributed by atoms with Crippen molar-refractivity contribution in [1.29, 1.82) is 0 Å². The quantitative estimate of drug-likeness (QED) is 0.270. The molecule has 1 aromatic heterocycles. The molecule has 3 aromatic rings. The van der Waals surface area contributed by atoms with Gasteiger partial charge < -0.3 is 24.6 Å². The molecule has 0 radical (unpaired) electrons. The molecule has 0 unspecified atom stereocenters. The van der Waals surface area contributed by atoms with Crippen LogP contribution in [0.1, 0.15) is 29.3 Å². The Bertz CT molecular complexity index is 1050. The number of aromatic nitrogens is 2. The van der Waals surface area contributed by atoms with Crippen molar-refractivity contribution in [2.45, 2.75) is 33.2 Å². The number of nitrogens with zero attached hydrogens (tertiary/aromatic N) is 3. The lowest BCUT2D eigenvalue weighted by Crippen LogP contribution is -2.32. The Kier molecular flexibility index (Phi) is 8.72. The molecule has 0 saturated heterocycles. The molecule has 0 atom stereocenters. The van der Waals surface area contributed by atoms with Crippen molar-refractivity contribution in [2.24, 2.45) is 4.99 Å². The molecule has 2 heterocycles. The summed E-state index contributed by atoms with van der Waals surface area (Å²) in [6.07, 6.45) is 1.48. The van der Waals surface area contributed by atoms with Crippen LogP contribution in [0.4, 0.5) is 5.69 Å². The first-order valence-electron chi connectivity index (χ1n) is 10.5. The second-order valence-electron chi connectivity index (χ2n) is 7.34. The minimum absolute atomic E-state index is 0. The largest absolute Gasteiger partial charge is 0.490 e. The van der Waals surface area contributed by atoms with E-state index in [1.54, 1.807) is 6.92 Å². The molecule has 0 saturated carbocycles. The highest BCUT2D eigenvalue weighted by molar-refractivity contribution is 14.0. The van der Waals surface area contributed by atoms with Gasteiger partial charge in [0, 0.05) is 31.1 Å². The lowest BCUT2D eigenvalue weighted by atomic mass is 10.1. The summed E-state index contributed by atoms with van der Waals surface area (Å²) < 4.78 is 16.7. The molecule has 1 aliphatic rings. The third-order valence-corrected chi connectivity index (χ3v) is 4.88. The predicted molar refractivity (Wildman–Crippen MR) is 134 cm³/mol. The van der Waals surface area contributed by atoms with Crippen LogP contribution < -0.4 is 20.1 Å². The fourth-order valence-electron chi connectivity index (χ4n) is 3.20. The predicted octanol–water partition coefficient (Wildman–Crippen LogP) is 4.27. The summed E-state index contributed by atoms with van der Waals surface area (Å²) in [7, 11) is 0. The van der Waals surface area contributed by atoms with Crippen molar-refractivity contribution >= 4 is 35.6 Å². The number of rotatable bonds is 6. The van der Waals surface area contributed by atoms with Crippen LogP contribution in [0.2, 0.25) is 0 Å². The van der Waals surface area contributed by atoms with Crippen LogP contribution >= 0.6 is 24.0 Å². The Hall–Kier alpha value is -2.82. The lowest BCUT2D eigenvalue weighted by Gasteiger charge is -2.14. The van der Waals surface area contributed by atoms with Gasteiger partial charge in [-0.25, -0.2) is 4.99 Å². The van der Waals surface area contributed by atoms with Crippen molar-refractivity contribution in [1.82, 2.24) is 15.5 Å². The van der Waals surface area contributed by atoms with Gasteiger partial charge in [-0.1, -0.05) is 29.4 Å². The van der Waals surface area contributed by atoms with E-state index in [9.17, 15) is 0 Å². The molecule has 0 amide bonds. The lowest BCUT2D eigenvalue weighted by molar-refractivity contribution is 0.297. The summed E-state index contributed by atoms with van der Waals surface area (Å²) in [5, 5.41) is 10.5. The summed E-state index contributed by atoms with van der Waals surface area (Å²) in [5.74, 6) is 3.39. The summed E-state index contributed by atoms with van der Waals surface area (Å²) in [5.41, 5.74) is 3.26. The van der Waals surface area contributed by atoms with Gasteiger partial charge in [0.15, 0.2) is 23.3 Å². The maximum Gasteiger partial charge on any atom is 0.228 e. The van der Waals surface area contributed by atoms with Gasteiger partial charge >= 0.3 is 0 Å². The minimum atomic E-state index is 0. The minimum Gasteiger partial charge on any atom is -0.490 e. The number of halogens is 1. The first-order valence-corrected chi connectivity index (χ1v) is 10.5. The van der Waals surface area contributed by atoms with Crippen LogP contribution in [0, 0.1) is 13.8 Å². The Labute approximate surface area is 204 Å². The molecular formula is C23H28IN5O3. The molecule has 0 bridgehead atoms. The number of hydrogen-bond acceptors (Lipinski definition) is 6. The topological polar surface area (TPSA) is 93.8 Å². The number of fused-ring (bicyclic) bond motifs is 1. The zero-order valence-electron chi connectivity index (χ0n) is 18.3. The van der Waals surface area contributed by atoms with E-state index < -0.39 is 0 Å². The molecule has 0 fully saturated rings. The Morgan fingerprint density at radius 1 is 1.06 bits per heavy atom. The normalized spacial score (nSPS) is 13.1. The molecule has 1 aliphatic heterocycles. The monoisotopic (exact) mass is 549 g/mol. The summed E-state index contributed by atoms with van der Waals surface area (Å²) >= 11 is 0. The fourth-order valence-corrected chi connectivity index (χ4v) is 3.20. The first kappa shape index (κ1) is 23.8. The van der Waals surface area contributed by atoms with E-state index in [0.717, 1.165) is 23.6 Å². The van der Waals surface area contributed by atoms with Gasteiger partial charge in [0.05, 0.1) is 19.8 Å². The smallest absolute Gasteiger partial charge is 0.228 e. The molecule has 170 valence electrons. The van der Waals surface area contributed by atoms with Crippen LogP contribution in [0.15, 0.2) is 52.0 Å². The number of aryl methyl sites for hydroxylation is 2. The van der Waals surface area contributed by atoms with E-state index in [4.69, 9.17) is 19.0 Å². The highest BCUT2D eigenvalue weighted by Gasteiger charge is 2.12. The highest BCUT2D eigenvalue weighted by atomic mass is 127. The van der Waals surface area contributed by atoms with Crippen LogP contribution in [0.25, 0.3) is 0 Å². The van der Waals surface area contributed by atoms with Gasteiger partial charge in [0.25, 0.3) is 0 Å². The van der Waals surface area contributed by atoms with E-state index in [1.165, 1.54) is 11.1 Å². The van der Waals surface area contributed by atoms with Crippen molar-refractivity contribution in [3.05, 3.63) is 65.3 Å². The number of ether oxygens (including phenoxy) is 2. The molecule has 9 heteroatoms. The number of nitrogens with one attached hydrogen (secondary N) is 2. The van der Waals surface area contributed by atoms with Gasteiger partial charge in [0.1, 0.15) is 0 Å². The van der Waals surface area contributed by atoms with E-state index in [1.807, 2.05) is 30.3 Å². The van der Waals surface area contributed by atoms with Crippen molar-refractivity contribution in [3.8, 4) is 11.5 Å². The summed E-state index contributed by atoms with van der Waals surface area (Å²) in [6.45, 7) is 6.37. The van der Waals surface area contributed by atoms with E-state index in [-0.39, 0.29) is 24.0 Å². The number of benzene rings is 2. The second kappa shape index (κ2) is 11.7. The average molecular weight is 549 g/mol. The average Bonchev–Trinajstić information content (AvgIpc) is 3.04. The van der Waals surface area contributed by atoms with Crippen molar-refractivity contribution in [2.75, 3.05) is 25.1 Å². The number of hydrogen-bond donors (Lipinski definition) is 2. The van der Waals surface area contributed by atoms with Crippen molar-refractivity contribution < 1.29 is 14.0 Å². The molecular weight excluding hydrogens is 521 g/mol. The van der Waals surface area contributed by atoms with E-state index in [0.29, 0.717) is 50.4 Å². The molecule has 4 rings (SSSR count). The van der Waals surface area contributed by atoms with E-state index in [2.05, 4.69) is 39.8 Å². The first-order chi connectivity index (χ1) is 15.2. The second-order valence-corrected chi connectivity index (χ2v) is 7.34. The third-order valence-electron chi connectivity index (χ3n) is 4.88. The fraction of sp³-hybridized carbons (Fsp3) is 0.348. The molecule has 0 aliphatic carbocycles. The van der Waals surface area contributed by atoms with Crippen LogP contribution in [0.5, 0.6) is 11.5 Å². The highest BCUT2D eigenvalue weighted by Crippen LogP contribution is 2.32. The Balaban J connectivity index is 0.00000289. The number of guanidine groups is 1. The third kappa shape index (κ3) is 6.59. The molecule has 2 aromatic carbocycles. The van der Waals surface area contributed by atoms with Crippen LogP contribution in [-0.4, -0.2) is 35.9 Å². The zero-order chi connectivity index (χ0) is 21.5. The van der Waals surface area contributed by atoms with Crippen molar-refractivity contribution in [3.63, 3.8) is 0 Å².